The number of aromatic nitrogens is 4. The first-order valence-electron chi connectivity index (χ1n) is 5.88. The van der Waals surface area contributed by atoms with Gasteiger partial charge in [-0.05, 0) is 26.0 Å². The van der Waals surface area contributed by atoms with Gasteiger partial charge in [-0.3, -0.25) is 0 Å². The summed E-state index contributed by atoms with van der Waals surface area (Å²) in [4.78, 5) is 8.37. The molecule has 7 nitrogen and oxygen atoms in total. The molecule has 98 valence electrons. The van der Waals surface area contributed by atoms with Crippen molar-refractivity contribution in [1.82, 2.24) is 19.7 Å². The monoisotopic (exact) mass is 258 g/mol. The number of hydrogen-bond donors (Lipinski definition) is 1. The maximum atomic E-state index is 9.11. The molecule has 0 unspecified atom stereocenters. The Morgan fingerprint density at radius 1 is 1.58 bits per heavy atom. The Kier molecular flexibility index (Phi) is 3.73. The van der Waals surface area contributed by atoms with Crippen LogP contribution in [0.15, 0.2) is 18.3 Å². The van der Waals surface area contributed by atoms with E-state index in [9.17, 15) is 0 Å². The van der Waals surface area contributed by atoms with Crippen LogP contribution in [0.5, 0.6) is 6.01 Å². The van der Waals surface area contributed by atoms with Gasteiger partial charge in [0.1, 0.15) is 6.07 Å². The fraction of sp³-hybridized carbons (Fsp3) is 0.333. The molecule has 2 aromatic heterocycles. The molecule has 0 spiro atoms. The van der Waals surface area contributed by atoms with Crippen LogP contribution in [0.2, 0.25) is 0 Å². The number of ether oxygens (including phenoxy) is 1. The van der Waals surface area contributed by atoms with E-state index in [4.69, 9.17) is 15.7 Å². The van der Waals surface area contributed by atoms with Crippen LogP contribution in [0.4, 0.5) is 0 Å². The number of nitrogens with two attached hydrogens (primary N) is 1. The molecule has 0 fully saturated rings. The SMILES string of the molecule is CCOc1nc([C@H](C)N)n(-c2ncccc2C#N)n1. The Balaban J connectivity index is 2.57. The second kappa shape index (κ2) is 5.46. The Bertz CT molecular complexity index is 613. The van der Waals surface area contributed by atoms with Crippen molar-refractivity contribution < 1.29 is 4.74 Å². The minimum Gasteiger partial charge on any atom is -0.463 e. The highest BCUT2D eigenvalue weighted by Crippen LogP contribution is 2.18. The van der Waals surface area contributed by atoms with E-state index >= 15 is 0 Å². The van der Waals surface area contributed by atoms with Crippen molar-refractivity contribution >= 4 is 0 Å². The van der Waals surface area contributed by atoms with Crippen LogP contribution in [-0.2, 0) is 0 Å². The van der Waals surface area contributed by atoms with E-state index in [-0.39, 0.29) is 12.1 Å². The third-order valence-corrected chi connectivity index (χ3v) is 2.40. The first-order valence-corrected chi connectivity index (χ1v) is 5.88. The Hall–Kier alpha value is -2.46. The van der Waals surface area contributed by atoms with Crippen LogP contribution in [0, 0.1) is 11.3 Å². The lowest BCUT2D eigenvalue weighted by atomic mass is 10.2. The minimum absolute atomic E-state index is 0.226. The van der Waals surface area contributed by atoms with E-state index in [1.54, 1.807) is 25.3 Å². The average molecular weight is 258 g/mol. The highest BCUT2D eigenvalue weighted by molar-refractivity contribution is 5.43. The normalized spacial score (nSPS) is 11.9. The highest BCUT2D eigenvalue weighted by atomic mass is 16.5. The lowest BCUT2D eigenvalue weighted by Gasteiger charge is -2.07. The van der Waals surface area contributed by atoms with Crippen molar-refractivity contribution in [3.05, 3.63) is 29.7 Å². The molecule has 0 amide bonds. The quantitative estimate of drug-likeness (QED) is 0.875. The van der Waals surface area contributed by atoms with Gasteiger partial charge in [-0.2, -0.15) is 14.9 Å². The van der Waals surface area contributed by atoms with Gasteiger partial charge < -0.3 is 10.5 Å². The van der Waals surface area contributed by atoms with E-state index < -0.39 is 0 Å². The fourth-order valence-corrected chi connectivity index (χ4v) is 1.60. The average Bonchev–Trinajstić information content (AvgIpc) is 2.83. The molecule has 2 heterocycles. The van der Waals surface area contributed by atoms with Crippen LogP contribution in [-0.4, -0.2) is 26.4 Å². The Morgan fingerprint density at radius 2 is 2.37 bits per heavy atom. The Labute approximate surface area is 110 Å². The molecule has 0 saturated heterocycles. The molecule has 19 heavy (non-hydrogen) atoms. The van der Waals surface area contributed by atoms with Crippen LogP contribution < -0.4 is 10.5 Å². The van der Waals surface area contributed by atoms with Gasteiger partial charge in [-0.1, -0.05) is 0 Å². The third kappa shape index (κ3) is 2.53. The molecule has 2 rings (SSSR count). The number of pyridine rings is 1. The van der Waals surface area contributed by atoms with Gasteiger partial charge in [-0.25, -0.2) is 4.98 Å². The second-order valence-electron chi connectivity index (χ2n) is 3.87. The summed E-state index contributed by atoms with van der Waals surface area (Å²) in [6, 6.07) is 5.29. The molecule has 0 saturated carbocycles. The molecule has 2 aromatic rings. The number of nitriles is 1. The molecule has 0 aliphatic carbocycles. The van der Waals surface area contributed by atoms with Crippen LogP contribution >= 0.6 is 0 Å². The molecule has 7 heteroatoms. The van der Waals surface area contributed by atoms with Gasteiger partial charge in [0.2, 0.25) is 0 Å². The number of hydrogen-bond acceptors (Lipinski definition) is 6. The topological polar surface area (TPSA) is 103 Å². The van der Waals surface area contributed by atoms with Gasteiger partial charge in [-0.15, -0.1) is 5.10 Å². The number of nitrogens with zero attached hydrogens (tertiary/aromatic N) is 5. The highest BCUT2D eigenvalue weighted by Gasteiger charge is 2.18. The molecule has 0 aromatic carbocycles. The zero-order valence-electron chi connectivity index (χ0n) is 10.7. The predicted molar refractivity (Wildman–Crippen MR) is 67.6 cm³/mol. The van der Waals surface area contributed by atoms with Crippen LogP contribution in [0.1, 0.15) is 31.3 Å². The van der Waals surface area contributed by atoms with Gasteiger partial charge in [0.05, 0.1) is 18.2 Å². The summed E-state index contributed by atoms with van der Waals surface area (Å²) >= 11 is 0. The van der Waals surface area contributed by atoms with Crippen molar-refractivity contribution in [2.24, 2.45) is 5.73 Å². The lowest BCUT2D eigenvalue weighted by Crippen LogP contribution is -2.15. The van der Waals surface area contributed by atoms with Crippen LogP contribution in [0.25, 0.3) is 5.82 Å². The largest absolute Gasteiger partial charge is 0.463 e. The predicted octanol–water partition coefficient (Wildman–Crippen LogP) is 0.952. The van der Waals surface area contributed by atoms with Crippen molar-refractivity contribution in [3.63, 3.8) is 0 Å². The van der Waals surface area contributed by atoms with Gasteiger partial charge in [0.25, 0.3) is 0 Å². The minimum atomic E-state index is -0.352. The molecule has 1 atom stereocenters. The molecule has 0 bridgehead atoms. The first-order chi connectivity index (χ1) is 9.17. The fourth-order valence-electron chi connectivity index (χ4n) is 1.60. The lowest BCUT2D eigenvalue weighted by molar-refractivity contribution is 0.312. The first kappa shape index (κ1) is 13.0. The van der Waals surface area contributed by atoms with Gasteiger partial charge >= 0.3 is 6.01 Å². The molecule has 2 N–H and O–H groups in total. The van der Waals surface area contributed by atoms with Gasteiger partial charge in [0, 0.05) is 6.20 Å². The molecular weight excluding hydrogens is 244 g/mol. The van der Waals surface area contributed by atoms with Crippen molar-refractivity contribution in [1.29, 1.82) is 5.26 Å². The zero-order chi connectivity index (χ0) is 13.8. The summed E-state index contributed by atoms with van der Waals surface area (Å²) < 4.78 is 6.72. The summed E-state index contributed by atoms with van der Waals surface area (Å²) in [6.07, 6.45) is 1.59. The third-order valence-electron chi connectivity index (χ3n) is 2.40. The van der Waals surface area contributed by atoms with Crippen molar-refractivity contribution in [2.75, 3.05) is 6.61 Å². The van der Waals surface area contributed by atoms with E-state index in [2.05, 4.69) is 21.1 Å². The van der Waals surface area contributed by atoms with Crippen molar-refractivity contribution in [3.8, 4) is 17.9 Å². The molecule has 0 radical (unpaired) electrons. The standard InChI is InChI=1S/C12H14N6O/c1-3-19-12-16-10(8(2)14)18(17-12)11-9(7-13)5-4-6-15-11/h4-6,8H,3,14H2,1-2H3/t8-/m0/s1. The molecular formula is C12H14N6O. The summed E-state index contributed by atoms with van der Waals surface area (Å²) in [5.41, 5.74) is 6.26. The van der Waals surface area contributed by atoms with E-state index in [0.29, 0.717) is 23.8 Å². The summed E-state index contributed by atoms with van der Waals surface area (Å²) in [5, 5.41) is 13.3. The number of rotatable bonds is 4. The smallest absolute Gasteiger partial charge is 0.336 e. The van der Waals surface area contributed by atoms with Gasteiger partial charge in [0.15, 0.2) is 11.6 Å². The van der Waals surface area contributed by atoms with E-state index in [0.717, 1.165) is 0 Å². The summed E-state index contributed by atoms with van der Waals surface area (Å²) in [6.45, 7) is 4.08. The van der Waals surface area contributed by atoms with E-state index in [1.165, 1.54) is 4.68 Å². The van der Waals surface area contributed by atoms with Crippen LogP contribution in [0.3, 0.4) is 0 Å². The Morgan fingerprint density at radius 3 is 3.00 bits per heavy atom. The zero-order valence-corrected chi connectivity index (χ0v) is 10.7. The second-order valence-corrected chi connectivity index (χ2v) is 3.87. The molecule has 0 aliphatic rings. The van der Waals surface area contributed by atoms with E-state index in [1.807, 2.05) is 6.92 Å². The summed E-state index contributed by atoms with van der Waals surface area (Å²) in [7, 11) is 0. The molecule has 0 aliphatic heterocycles. The maximum Gasteiger partial charge on any atom is 0.336 e. The summed E-state index contributed by atoms with van der Waals surface area (Å²) in [5.74, 6) is 0.898. The van der Waals surface area contributed by atoms with Crippen molar-refractivity contribution in [2.45, 2.75) is 19.9 Å². The maximum absolute atomic E-state index is 9.11.